The zero-order valence-corrected chi connectivity index (χ0v) is 14.8. The summed E-state index contributed by atoms with van der Waals surface area (Å²) in [5.74, 6) is -0.414. The van der Waals surface area contributed by atoms with Gasteiger partial charge in [-0.05, 0) is 36.4 Å². The lowest BCUT2D eigenvalue weighted by Gasteiger charge is -2.40. The van der Waals surface area contributed by atoms with Crippen molar-refractivity contribution >= 4 is 27.6 Å². The molecule has 0 aliphatic heterocycles. The van der Waals surface area contributed by atoms with Gasteiger partial charge in [0.25, 0.3) is 0 Å². The number of aromatic nitrogens is 2. The fourth-order valence-electron chi connectivity index (χ4n) is 2.37. The van der Waals surface area contributed by atoms with E-state index in [4.69, 9.17) is 5.73 Å². The summed E-state index contributed by atoms with van der Waals surface area (Å²) in [6.07, 6.45) is 2.76. The lowest BCUT2D eigenvalue weighted by atomic mass is 10.1. The van der Waals surface area contributed by atoms with Crippen LogP contribution >= 0.6 is 10.2 Å². The first-order valence-electron chi connectivity index (χ1n) is 7.66. The zero-order valence-electron chi connectivity index (χ0n) is 14.0. The number of hydrogen-bond donors (Lipinski definition) is 2. The van der Waals surface area contributed by atoms with Gasteiger partial charge < -0.3 is 11.1 Å². The van der Waals surface area contributed by atoms with Gasteiger partial charge in [-0.3, -0.25) is 9.78 Å². The van der Waals surface area contributed by atoms with Crippen LogP contribution in [-0.2, 0) is 0 Å². The van der Waals surface area contributed by atoms with Crippen LogP contribution in [0, 0.1) is 0 Å². The van der Waals surface area contributed by atoms with Crippen LogP contribution in [0.1, 0.15) is 10.4 Å². The van der Waals surface area contributed by atoms with Gasteiger partial charge in [-0.2, -0.15) is 0 Å². The number of rotatable bonds is 5. The molecule has 5 nitrogen and oxygen atoms in total. The number of nitrogens with zero attached hydrogens (tertiary/aromatic N) is 2. The highest BCUT2D eigenvalue weighted by molar-refractivity contribution is 8.45. The van der Waals surface area contributed by atoms with Crippen LogP contribution < -0.4 is 11.1 Å². The van der Waals surface area contributed by atoms with Crippen molar-refractivity contribution in [2.75, 3.05) is 5.32 Å². The number of halogens is 5. The van der Waals surface area contributed by atoms with Gasteiger partial charge in [0, 0.05) is 29.2 Å². The molecule has 0 aliphatic rings. The number of hydrogen-bond acceptors (Lipinski definition) is 4. The van der Waals surface area contributed by atoms with Crippen LogP contribution in [-0.4, -0.2) is 15.9 Å². The predicted molar refractivity (Wildman–Crippen MR) is 97.1 cm³/mol. The number of amides is 1. The maximum Gasteiger partial charge on any atom is 0.310 e. The fraction of sp³-hybridized carbons (Fsp3) is 0. The molecule has 0 saturated carbocycles. The van der Waals surface area contributed by atoms with Gasteiger partial charge >= 0.3 is 10.2 Å². The van der Waals surface area contributed by atoms with Crippen molar-refractivity contribution in [3.05, 3.63) is 66.5 Å². The van der Waals surface area contributed by atoms with Crippen molar-refractivity contribution in [3.8, 4) is 11.3 Å². The molecule has 3 aromatic rings. The van der Waals surface area contributed by atoms with Crippen molar-refractivity contribution in [2.45, 2.75) is 4.90 Å². The molecule has 0 fully saturated rings. The van der Waals surface area contributed by atoms with E-state index >= 15 is 0 Å². The smallest absolute Gasteiger partial charge is 0.310 e. The molecule has 148 valence electrons. The van der Waals surface area contributed by atoms with Crippen LogP contribution in [0.2, 0.25) is 0 Å². The second-order valence-electron chi connectivity index (χ2n) is 5.81. The molecule has 0 aliphatic carbocycles. The highest BCUT2D eigenvalue weighted by atomic mass is 32.5. The second-order valence-corrected chi connectivity index (χ2v) is 8.22. The molecule has 28 heavy (non-hydrogen) atoms. The van der Waals surface area contributed by atoms with Crippen molar-refractivity contribution in [3.63, 3.8) is 0 Å². The number of carbonyl (C=O) groups is 1. The number of benzene rings is 2. The number of carbonyl (C=O) groups excluding carboxylic acids is 1. The van der Waals surface area contributed by atoms with Gasteiger partial charge in [-0.25, -0.2) is 4.98 Å². The quantitative estimate of drug-likeness (QED) is 0.527. The first-order chi connectivity index (χ1) is 12.8. The summed E-state index contributed by atoms with van der Waals surface area (Å²) in [4.78, 5) is 17.4. The molecule has 0 bridgehead atoms. The summed E-state index contributed by atoms with van der Waals surface area (Å²) in [6.45, 7) is 0. The molecule has 1 amide bonds. The number of anilines is 2. The Bertz CT molecular complexity index is 1040. The van der Waals surface area contributed by atoms with Crippen molar-refractivity contribution in [1.29, 1.82) is 0 Å². The summed E-state index contributed by atoms with van der Waals surface area (Å²) in [6, 6.07) is 8.49. The van der Waals surface area contributed by atoms with Crippen LogP contribution in [0.3, 0.4) is 0 Å². The van der Waals surface area contributed by atoms with Gasteiger partial charge in [-0.1, -0.05) is 31.6 Å². The summed E-state index contributed by atoms with van der Waals surface area (Å²) in [5.41, 5.74) is 6.49. The highest BCUT2D eigenvalue weighted by Gasteiger charge is 2.65. The van der Waals surface area contributed by atoms with E-state index in [0.717, 1.165) is 12.1 Å². The Hall–Kier alpha value is -3.21. The van der Waals surface area contributed by atoms with E-state index in [0.29, 0.717) is 23.4 Å². The summed E-state index contributed by atoms with van der Waals surface area (Å²) in [5, 5.41) is 2.75. The molecule has 2 aromatic carbocycles. The minimum absolute atomic E-state index is 0.112. The molecular weight excluding hydrogens is 403 g/mol. The van der Waals surface area contributed by atoms with E-state index < -0.39 is 21.0 Å². The first-order valence-corrected chi connectivity index (χ1v) is 9.61. The number of primary amides is 1. The molecule has 0 saturated heterocycles. The Balaban J connectivity index is 1.91. The summed E-state index contributed by atoms with van der Waals surface area (Å²) >= 11 is 0. The molecule has 1 aromatic heterocycles. The van der Waals surface area contributed by atoms with Crippen LogP contribution in [0.15, 0.2) is 65.8 Å². The van der Waals surface area contributed by atoms with E-state index in [2.05, 4.69) is 15.3 Å². The molecule has 0 spiro atoms. The van der Waals surface area contributed by atoms with Crippen LogP contribution in [0.4, 0.5) is 30.9 Å². The number of nitrogens with two attached hydrogens (primary N) is 1. The Morgan fingerprint density at radius 3 is 1.96 bits per heavy atom. The lowest BCUT2D eigenvalue weighted by Crippen LogP contribution is -2.10. The van der Waals surface area contributed by atoms with E-state index in [1.54, 1.807) is 12.1 Å². The summed E-state index contributed by atoms with van der Waals surface area (Å²) in [7, 11) is -9.73. The Kier molecular flexibility index (Phi) is 4.11. The maximum atomic E-state index is 12.8. The summed E-state index contributed by atoms with van der Waals surface area (Å²) < 4.78 is 64.0. The van der Waals surface area contributed by atoms with Gasteiger partial charge in [0.2, 0.25) is 5.91 Å². The van der Waals surface area contributed by atoms with Gasteiger partial charge in [0.1, 0.15) is 10.6 Å². The second kappa shape index (κ2) is 5.89. The topological polar surface area (TPSA) is 80.9 Å². The minimum Gasteiger partial charge on any atom is -0.366 e. The molecule has 1 heterocycles. The SMILES string of the molecule is NC(=O)c1ccc(-c2nccnc2Nc2ccc(S(F)(F)(F)(F)F)cc2)cc1. The van der Waals surface area contributed by atoms with Crippen LogP contribution in [0.25, 0.3) is 11.3 Å². The number of nitrogens with one attached hydrogen (secondary N) is 1. The average Bonchev–Trinajstić information content (AvgIpc) is 2.61. The minimum atomic E-state index is -9.73. The van der Waals surface area contributed by atoms with Gasteiger partial charge in [0.05, 0.1) is 0 Å². The fourth-order valence-corrected chi connectivity index (χ4v) is 3.02. The average molecular weight is 416 g/mol. The first kappa shape index (κ1) is 19.5. The van der Waals surface area contributed by atoms with Crippen molar-refractivity contribution in [2.24, 2.45) is 5.73 Å². The molecule has 11 heteroatoms. The predicted octanol–water partition coefficient (Wildman–Crippen LogP) is 5.64. The molecular formula is C17H13F5N4OS. The normalized spacial score (nSPS) is 14.0. The molecule has 0 radical (unpaired) electrons. The molecule has 3 rings (SSSR count). The van der Waals surface area contributed by atoms with Crippen molar-refractivity contribution in [1.82, 2.24) is 9.97 Å². The largest absolute Gasteiger partial charge is 0.366 e. The van der Waals surface area contributed by atoms with E-state index in [1.165, 1.54) is 24.5 Å². The maximum absolute atomic E-state index is 12.8. The Morgan fingerprint density at radius 2 is 1.43 bits per heavy atom. The molecule has 0 atom stereocenters. The van der Waals surface area contributed by atoms with E-state index in [9.17, 15) is 24.2 Å². The third-order valence-electron chi connectivity index (χ3n) is 3.70. The lowest BCUT2D eigenvalue weighted by molar-refractivity contribution is 0.1000. The third kappa shape index (κ3) is 4.36. The third-order valence-corrected chi connectivity index (χ3v) is 4.87. The Morgan fingerprint density at radius 1 is 0.857 bits per heavy atom. The van der Waals surface area contributed by atoms with Crippen LogP contribution in [0.5, 0.6) is 0 Å². The van der Waals surface area contributed by atoms with E-state index in [-0.39, 0.29) is 17.1 Å². The standard InChI is InChI=1S/C17H13F5N4OS/c18-28(19,20,21,22)14-7-5-13(6-8-14)26-17-15(24-9-10-25-17)11-1-3-12(4-2-11)16(23)27/h1-10H,(H2,23,27)(H,25,26). The van der Waals surface area contributed by atoms with Gasteiger partial charge in [-0.15, -0.1) is 0 Å². The highest BCUT2D eigenvalue weighted by Crippen LogP contribution is 3.02. The molecule has 3 N–H and O–H groups in total. The Labute approximate surface area is 156 Å². The van der Waals surface area contributed by atoms with Gasteiger partial charge in [0.15, 0.2) is 5.82 Å². The molecule has 0 unspecified atom stereocenters. The van der Waals surface area contributed by atoms with Crippen molar-refractivity contribution < 1.29 is 24.2 Å². The monoisotopic (exact) mass is 416 g/mol. The zero-order chi connectivity index (χ0) is 20.6. The van der Waals surface area contributed by atoms with E-state index in [1.807, 2.05) is 0 Å².